The molecular weight excluding hydrogens is 328 g/mol. The summed E-state index contributed by atoms with van der Waals surface area (Å²) in [4.78, 5) is 18.2. The molecular formula is C17H23ClN4O2. The highest BCUT2D eigenvalue weighted by molar-refractivity contribution is 6.33. The van der Waals surface area contributed by atoms with Crippen molar-refractivity contribution in [3.63, 3.8) is 0 Å². The van der Waals surface area contributed by atoms with E-state index in [4.69, 9.17) is 21.6 Å². The Kier molecular flexibility index (Phi) is 5.55. The Balaban J connectivity index is 2.06. The van der Waals surface area contributed by atoms with Gasteiger partial charge in [0.15, 0.2) is 0 Å². The van der Waals surface area contributed by atoms with Gasteiger partial charge in [-0.1, -0.05) is 18.5 Å². The standard InChI is InChI=1S/C17H23ClN4O2/c1-11-5-6-22(16(23)24-17(2,3)4)10-14(11)21-15-13(18)7-12(8-19)9-20-15/h7,9,11,14H,5-6,10H2,1-4H3,(H,20,21). The Hall–Kier alpha value is -2.00. The Morgan fingerprint density at radius 1 is 1.54 bits per heavy atom. The first-order valence-electron chi connectivity index (χ1n) is 7.99. The quantitative estimate of drug-likeness (QED) is 0.880. The molecule has 1 aliphatic heterocycles. The lowest BCUT2D eigenvalue weighted by Crippen LogP contribution is -2.50. The number of likely N-dealkylation sites (tertiary alicyclic amines) is 1. The number of rotatable bonds is 2. The topological polar surface area (TPSA) is 78.2 Å². The molecule has 2 heterocycles. The number of aromatic nitrogens is 1. The van der Waals surface area contributed by atoms with Crippen LogP contribution < -0.4 is 5.32 Å². The molecule has 1 fully saturated rings. The minimum absolute atomic E-state index is 0.0178. The molecule has 1 saturated heterocycles. The molecule has 2 atom stereocenters. The second-order valence-electron chi connectivity index (χ2n) is 7.11. The van der Waals surface area contributed by atoms with E-state index in [2.05, 4.69) is 17.2 Å². The average Bonchev–Trinajstić information content (AvgIpc) is 2.49. The number of amides is 1. The van der Waals surface area contributed by atoms with E-state index in [9.17, 15) is 4.79 Å². The molecule has 24 heavy (non-hydrogen) atoms. The summed E-state index contributed by atoms with van der Waals surface area (Å²) < 4.78 is 5.45. The van der Waals surface area contributed by atoms with Gasteiger partial charge in [0, 0.05) is 25.3 Å². The van der Waals surface area contributed by atoms with E-state index in [1.165, 1.54) is 6.20 Å². The van der Waals surface area contributed by atoms with Crippen LogP contribution in [0.1, 0.15) is 39.7 Å². The van der Waals surface area contributed by atoms with Gasteiger partial charge in [-0.25, -0.2) is 9.78 Å². The van der Waals surface area contributed by atoms with Crippen LogP contribution in [0.15, 0.2) is 12.3 Å². The molecule has 2 rings (SSSR count). The zero-order valence-electron chi connectivity index (χ0n) is 14.5. The van der Waals surface area contributed by atoms with Gasteiger partial charge in [0.05, 0.1) is 10.6 Å². The van der Waals surface area contributed by atoms with Crippen LogP contribution in [0, 0.1) is 17.2 Å². The van der Waals surface area contributed by atoms with E-state index in [1.807, 2.05) is 26.8 Å². The Morgan fingerprint density at radius 2 is 2.25 bits per heavy atom. The van der Waals surface area contributed by atoms with E-state index in [0.29, 0.717) is 35.4 Å². The van der Waals surface area contributed by atoms with Gasteiger partial charge >= 0.3 is 6.09 Å². The Morgan fingerprint density at radius 3 is 2.83 bits per heavy atom. The van der Waals surface area contributed by atoms with Crippen molar-refractivity contribution in [3.8, 4) is 6.07 Å². The number of nitrogens with zero attached hydrogens (tertiary/aromatic N) is 3. The van der Waals surface area contributed by atoms with Gasteiger partial charge in [0.2, 0.25) is 0 Å². The number of ether oxygens (including phenoxy) is 1. The van der Waals surface area contributed by atoms with E-state index in [1.54, 1.807) is 11.0 Å². The highest BCUT2D eigenvalue weighted by Crippen LogP contribution is 2.26. The van der Waals surface area contributed by atoms with Crippen molar-refractivity contribution in [2.75, 3.05) is 18.4 Å². The fraction of sp³-hybridized carbons (Fsp3) is 0.588. The highest BCUT2D eigenvalue weighted by Gasteiger charge is 2.31. The van der Waals surface area contributed by atoms with Crippen LogP contribution >= 0.6 is 11.6 Å². The average molecular weight is 351 g/mol. The Labute approximate surface area is 147 Å². The first-order chi connectivity index (χ1) is 11.2. The van der Waals surface area contributed by atoms with Gasteiger partial charge in [-0.15, -0.1) is 0 Å². The van der Waals surface area contributed by atoms with Crippen LogP contribution in [-0.2, 0) is 4.74 Å². The largest absolute Gasteiger partial charge is 0.444 e. The molecule has 0 bridgehead atoms. The summed E-state index contributed by atoms with van der Waals surface area (Å²) in [5.41, 5.74) is -0.0984. The normalized spacial score (nSPS) is 21.1. The lowest BCUT2D eigenvalue weighted by molar-refractivity contribution is 0.0176. The first kappa shape index (κ1) is 18.3. The number of halogens is 1. The number of anilines is 1. The molecule has 0 saturated carbocycles. The van der Waals surface area contributed by atoms with Crippen LogP contribution in [0.25, 0.3) is 0 Å². The summed E-state index contributed by atoms with van der Waals surface area (Å²) in [6.07, 6.45) is 2.04. The second kappa shape index (κ2) is 7.27. The molecule has 1 aromatic rings. The van der Waals surface area contributed by atoms with Crippen molar-refractivity contribution in [2.24, 2.45) is 5.92 Å². The van der Waals surface area contributed by atoms with E-state index in [-0.39, 0.29) is 12.1 Å². The maximum absolute atomic E-state index is 12.3. The fourth-order valence-electron chi connectivity index (χ4n) is 2.53. The number of nitrogens with one attached hydrogen (secondary N) is 1. The van der Waals surface area contributed by atoms with Crippen molar-refractivity contribution in [3.05, 3.63) is 22.8 Å². The van der Waals surface area contributed by atoms with Crippen LogP contribution in [0.2, 0.25) is 5.02 Å². The third-order valence-corrected chi connectivity index (χ3v) is 4.19. The number of piperidine rings is 1. The third-order valence-electron chi connectivity index (χ3n) is 3.90. The zero-order chi connectivity index (χ0) is 17.9. The maximum atomic E-state index is 12.3. The second-order valence-corrected chi connectivity index (χ2v) is 7.52. The molecule has 1 aliphatic rings. The van der Waals surface area contributed by atoms with E-state index in [0.717, 1.165) is 6.42 Å². The first-order valence-corrected chi connectivity index (χ1v) is 8.37. The van der Waals surface area contributed by atoms with Crippen molar-refractivity contribution in [1.82, 2.24) is 9.88 Å². The summed E-state index contributed by atoms with van der Waals surface area (Å²) in [6, 6.07) is 3.60. The highest BCUT2D eigenvalue weighted by atomic mass is 35.5. The van der Waals surface area contributed by atoms with Gasteiger partial charge in [0.25, 0.3) is 0 Å². The number of carbonyl (C=O) groups excluding carboxylic acids is 1. The molecule has 0 aromatic carbocycles. The molecule has 2 unspecified atom stereocenters. The number of carbonyl (C=O) groups is 1. The van der Waals surface area contributed by atoms with Gasteiger partial charge in [0.1, 0.15) is 17.5 Å². The summed E-state index contributed by atoms with van der Waals surface area (Å²) >= 11 is 6.18. The van der Waals surface area contributed by atoms with Crippen LogP contribution in [0.4, 0.5) is 10.6 Å². The van der Waals surface area contributed by atoms with Crippen LogP contribution in [0.5, 0.6) is 0 Å². The lowest BCUT2D eigenvalue weighted by atomic mass is 9.93. The smallest absolute Gasteiger partial charge is 0.410 e. The molecule has 0 radical (unpaired) electrons. The molecule has 0 spiro atoms. The summed E-state index contributed by atoms with van der Waals surface area (Å²) in [7, 11) is 0. The van der Waals surface area contributed by atoms with Gasteiger partial charge < -0.3 is 15.0 Å². The van der Waals surface area contributed by atoms with E-state index >= 15 is 0 Å². The molecule has 1 N–H and O–H groups in total. The van der Waals surface area contributed by atoms with Crippen LogP contribution in [0.3, 0.4) is 0 Å². The molecule has 0 aliphatic carbocycles. The lowest BCUT2D eigenvalue weighted by Gasteiger charge is -2.38. The predicted molar refractivity (Wildman–Crippen MR) is 93.0 cm³/mol. The van der Waals surface area contributed by atoms with Gasteiger partial charge in [-0.3, -0.25) is 0 Å². The fourth-order valence-corrected chi connectivity index (χ4v) is 2.75. The van der Waals surface area contributed by atoms with Crippen molar-refractivity contribution in [1.29, 1.82) is 5.26 Å². The third kappa shape index (κ3) is 4.75. The number of pyridine rings is 1. The van der Waals surface area contributed by atoms with E-state index < -0.39 is 5.60 Å². The summed E-state index contributed by atoms with van der Waals surface area (Å²) in [6.45, 7) is 8.88. The molecule has 1 amide bonds. The maximum Gasteiger partial charge on any atom is 0.410 e. The monoisotopic (exact) mass is 350 g/mol. The summed E-state index contributed by atoms with van der Waals surface area (Å²) in [5.74, 6) is 0.885. The molecule has 6 nitrogen and oxygen atoms in total. The van der Waals surface area contributed by atoms with Crippen molar-refractivity contribution in [2.45, 2.75) is 45.8 Å². The van der Waals surface area contributed by atoms with Crippen LogP contribution in [-0.4, -0.2) is 40.7 Å². The Bertz CT molecular complexity index is 651. The number of hydrogen-bond donors (Lipinski definition) is 1. The predicted octanol–water partition coefficient (Wildman–Crippen LogP) is 3.66. The van der Waals surface area contributed by atoms with Gasteiger partial charge in [-0.2, -0.15) is 5.26 Å². The molecule has 7 heteroatoms. The van der Waals surface area contributed by atoms with Crippen molar-refractivity contribution >= 4 is 23.5 Å². The minimum atomic E-state index is -0.513. The SMILES string of the molecule is CC1CCN(C(=O)OC(C)(C)C)CC1Nc1ncc(C#N)cc1Cl. The molecule has 130 valence electrons. The minimum Gasteiger partial charge on any atom is -0.444 e. The number of nitriles is 1. The molecule has 1 aromatic heterocycles. The zero-order valence-corrected chi connectivity index (χ0v) is 15.2. The number of hydrogen-bond acceptors (Lipinski definition) is 5. The summed E-state index contributed by atoms with van der Waals surface area (Å²) in [5, 5.41) is 12.6. The van der Waals surface area contributed by atoms with Gasteiger partial charge in [-0.05, 0) is 39.2 Å². The van der Waals surface area contributed by atoms with Crippen molar-refractivity contribution < 1.29 is 9.53 Å².